The molecule has 3 N–H and O–H groups in total. The fourth-order valence-electron chi connectivity index (χ4n) is 3.01. The molecule has 0 saturated carbocycles. The topological polar surface area (TPSA) is 58.4 Å². The first-order valence-electron chi connectivity index (χ1n) is 8.15. The van der Waals surface area contributed by atoms with Crippen LogP contribution in [0.1, 0.15) is 41.7 Å². The maximum absolute atomic E-state index is 12.8. The predicted molar refractivity (Wildman–Crippen MR) is 94.5 cm³/mol. The molecule has 0 aromatic heterocycles. The molecular formula is C19H23N3O. The van der Waals surface area contributed by atoms with Gasteiger partial charge in [0.05, 0.1) is 5.56 Å². The molecule has 1 fully saturated rings. The van der Waals surface area contributed by atoms with E-state index in [1.807, 2.05) is 35.2 Å². The van der Waals surface area contributed by atoms with Crippen molar-refractivity contribution in [1.82, 2.24) is 4.90 Å². The molecule has 0 unspecified atom stereocenters. The van der Waals surface area contributed by atoms with Crippen molar-refractivity contribution in [2.75, 3.05) is 24.1 Å². The van der Waals surface area contributed by atoms with E-state index in [0.717, 1.165) is 31.6 Å². The number of nitrogens with one attached hydrogen (secondary N) is 1. The van der Waals surface area contributed by atoms with Crippen LogP contribution in [0.2, 0.25) is 0 Å². The highest BCUT2D eigenvalue weighted by Gasteiger charge is 2.22. The van der Waals surface area contributed by atoms with E-state index in [1.165, 1.54) is 5.56 Å². The molecule has 3 rings (SSSR count). The lowest BCUT2D eigenvalue weighted by Crippen LogP contribution is -2.28. The first-order chi connectivity index (χ1) is 11.1. The van der Waals surface area contributed by atoms with Gasteiger partial charge in [-0.2, -0.15) is 0 Å². The number of rotatable bonds is 4. The number of benzene rings is 2. The van der Waals surface area contributed by atoms with Gasteiger partial charge in [0.15, 0.2) is 0 Å². The van der Waals surface area contributed by atoms with Crippen LogP contribution in [-0.2, 0) is 0 Å². The van der Waals surface area contributed by atoms with E-state index < -0.39 is 0 Å². The highest BCUT2D eigenvalue weighted by atomic mass is 16.2. The summed E-state index contributed by atoms with van der Waals surface area (Å²) < 4.78 is 0. The van der Waals surface area contributed by atoms with Crippen LogP contribution >= 0.6 is 0 Å². The molecule has 4 heteroatoms. The molecule has 1 atom stereocenters. The van der Waals surface area contributed by atoms with E-state index in [2.05, 4.69) is 24.4 Å². The Bertz CT molecular complexity index is 678. The number of anilines is 2. The molecular weight excluding hydrogens is 286 g/mol. The van der Waals surface area contributed by atoms with Gasteiger partial charge in [-0.1, -0.05) is 30.3 Å². The summed E-state index contributed by atoms with van der Waals surface area (Å²) >= 11 is 0. The lowest BCUT2D eigenvalue weighted by molar-refractivity contribution is 0.0794. The van der Waals surface area contributed by atoms with E-state index in [0.29, 0.717) is 11.3 Å². The van der Waals surface area contributed by atoms with E-state index in [4.69, 9.17) is 5.73 Å². The zero-order chi connectivity index (χ0) is 16.2. The van der Waals surface area contributed by atoms with Crippen LogP contribution in [0.4, 0.5) is 11.4 Å². The fraction of sp³-hybridized carbons (Fsp3) is 0.316. The molecule has 0 aliphatic carbocycles. The van der Waals surface area contributed by atoms with Crippen molar-refractivity contribution in [2.24, 2.45) is 0 Å². The van der Waals surface area contributed by atoms with Gasteiger partial charge in [0.1, 0.15) is 0 Å². The van der Waals surface area contributed by atoms with Crippen molar-refractivity contribution in [3.05, 3.63) is 59.7 Å². The Morgan fingerprint density at radius 3 is 2.52 bits per heavy atom. The first kappa shape index (κ1) is 15.4. The highest BCUT2D eigenvalue weighted by Crippen LogP contribution is 2.26. The number of nitrogen functional groups attached to an aromatic ring is 1. The molecule has 0 bridgehead atoms. The van der Waals surface area contributed by atoms with Crippen LogP contribution in [0.15, 0.2) is 48.5 Å². The Kier molecular flexibility index (Phi) is 4.51. The van der Waals surface area contributed by atoms with Crippen LogP contribution in [0.25, 0.3) is 0 Å². The van der Waals surface area contributed by atoms with Crippen LogP contribution in [0, 0.1) is 0 Å². The van der Waals surface area contributed by atoms with E-state index >= 15 is 0 Å². The van der Waals surface area contributed by atoms with Gasteiger partial charge in [0.2, 0.25) is 0 Å². The highest BCUT2D eigenvalue weighted by molar-refractivity contribution is 6.00. The quantitative estimate of drug-likeness (QED) is 0.847. The normalized spacial score (nSPS) is 15.4. The van der Waals surface area contributed by atoms with Gasteiger partial charge >= 0.3 is 0 Å². The van der Waals surface area contributed by atoms with Crippen LogP contribution in [-0.4, -0.2) is 23.9 Å². The monoisotopic (exact) mass is 309 g/mol. The van der Waals surface area contributed by atoms with Gasteiger partial charge in [-0.25, -0.2) is 0 Å². The molecule has 2 aromatic rings. The van der Waals surface area contributed by atoms with Crippen molar-refractivity contribution < 1.29 is 4.79 Å². The summed E-state index contributed by atoms with van der Waals surface area (Å²) in [5.41, 5.74) is 9.21. The van der Waals surface area contributed by atoms with Gasteiger partial charge in [-0.15, -0.1) is 0 Å². The zero-order valence-corrected chi connectivity index (χ0v) is 13.5. The minimum Gasteiger partial charge on any atom is -0.399 e. The van der Waals surface area contributed by atoms with Crippen LogP contribution in [0.5, 0.6) is 0 Å². The summed E-state index contributed by atoms with van der Waals surface area (Å²) in [7, 11) is 0. The number of nitrogens with zero attached hydrogens (tertiary/aromatic N) is 1. The van der Waals surface area contributed by atoms with E-state index in [1.54, 1.807) is 6.07 Å². The number of hydrogen-bond donors (Lipinski definition) is 2. The maximum atomic E-state index is 12.8. The molecule has 2 aromatic carbocycles. The number of hydrogen-bond acceptors (Lipinski definition) is 3. The average Bonchev–Trinajstić information content (AvgIpc) is 3.11. The fourth-order valence-corrected chi connectivity index (χ4v) is 3.01. The number of carbonyl (C=O) groups excluding carboxylic acids is 1. The third-order valence-corrected chi connectivity index (χ3v) is 4.34. The summed E-state index contributed by atoms with van der Waals surface area (Å²) in [6.45, 7) is 3.76. The second kappa shape index (κ2) is 6.73. The third-order valence-electron chi connectivity index (χ3n) is 4.34. The van der Waals surface area contributed by atoms with Crippen molar-refractivity contribution in [3.63, 3.8) is 0 Å². The van der Waals surface area contributed by atoms with Crippen molar-refractivity contribution in [2.45, 2.75) is 25.8 Å². The number of likely N-dealkylation sites (tertiary alicyclic amines) is 1. The minimum atomic E-state index is 0.0672. The Balaban J connectivity index is 1.85. The Labute approximate surface area is 137 Å². The first-order valence-corrected chi connectivity index (χ1v) is 8.15. The van der Waals surface area contributed by atoms with E-state index in [9.17, 15) is 4.79 Å². The Morgan fingerprint density at radius 1 is 1.13 bits per heavy atom. The number of carbonyl (C=O) groups is 1. The summed E-state index contributed by atoms with van der Waals surface area (Å²) in [5.74, 6) is 0.0672. The minimum absolute atomic E-state index is 0.0672. The molecule has 1 heterocycles. The van der Waals surface area contributed by atoms with Gasteiger partial charge in [0, 0.05) is 30.5 Å². The predicted octanol–water partition coefficient (Wildman–Crippen LogP) is 3.68. The van der Waals surface area contributed by atoms with E-state index in [-0.39, 0.29) is 11.9 Å². The number of amides is 1. The van der Waals surface area contributed by atoms with Crippen molar-refractivity contribution in [1.29, 1.82) is 0 Å². The van der Waals surface area contributed by atoms with Gasteiger partial charge < -0.3 is 16.0 Å². The summed E-state index contributed by atoms with van der Waals surface area (Å²) in [6.07, 6.45) is 2.16. The Hall–Kier alpha value is -2.49. The molecule has 120 valence electrons. The van der Waals surface area contributed by atoms with Gasteiger partial charge in [-0.05, 0) is 43.5 Å². The largest absolute Gasteiger partial charge is 0.399 e. The summed E-state index contributed by atoms with van der Waals surface area (Å²) in [4.78, 5) is 14.7. The zero-order valence-electron chi connectivity index (χ0n) is 13.5. The molecule has 1 saturated heterocycles. The van der Waals surface area contributed by atoms with Crippen LogP contribution < -0.4 is 11.1 Å². The van der Waals surface area contributed by atoms with Crippen LogP contribution in [0.3, 0.4) is 0 Å². The molecule has 1 aliphatic heterocycles. The van der Waals surface area contributed by atoms with Gasteiger partial charge in [0.25, 0.3) is 5.91 Å². The second-order valence-electron chi connectivity index (χ2n) is 6.08. The molecule has 4 nitrogen and oxygen atoms in total. The van der Waals surface area contributed by atoms with Crippen molar-refractivity contribution >= 4 is 17.3 Å². The molecule has 1 amide bonds. The molecule has 0 spiro atoms. The Morgan fingerprint density at radius 2 is 1.83 bits per heavy atom. The molecule has 1 aliphatic rings. The maximum Gasteiger partial charge on any atom is 0.256 e. The third kappa shape index (κ3) is 3.47. The number of nitrogens with two attached hydrogens (primary N) is 1. The average molecular weight is 309 g/mol. The lowest BCUT2D eigenvalue weighted by Gasteiger charge is -2.21. The summed E-state index contributed by atoms with van der Waals surface area (Å²) in [6, 6.07) is 15.8. The lowest BCUT2D eigenvalue weighted by atomic mass is 10.1. The van der Waals surface area contributed by atoms with Gasteiger partial charge in [-0.3, -0.25) is 4.79 Å². The SMILES string of the molecule is C[C@H](Nc1ccc(N)cc1C(=O)N1CCCC1)c1ccccc1. The smallest absolute Gasteiger partial charge is 0.256 e. The standard InChI is InChI=1S/C19H23N3O/c1-14(15-7-3-2-4-8-15)21-18-10-9-16(20)13-17(18)19(23)22-11-5-6-12-22/h2-4,7-10,13-14,21H,5-6,11-12,20H2,1H3/t14-/m0/s1. The second-order valence-corrected chi connectivity index (χ2v) is 6.08. The molecule has 0 radical (unpaired) electrons. The molecule has 23 heavy (non-hydrogen) atoms. The van der Waals surface area contributed by atoms with Crippen molar-refractivity contribution in [3.8, 4) is 0 Å². The summed E-state index contributed by atoms with van der Waals surface area (Å²) in [5, 5.41) is 3.46.